The molecule has 0 unspecified atom stereocenters. The first-order valence-corrected chi connectivity index (χ1v) is 17.0. The Hall–Kier alpha value is 0.531. The van der Waals surface area contributed by atoms with Crippen LogP contribution in [-0.4, -0.2) is 42.7 Å². The Balaban J connectivity index is 3.17. The number of rotatable bonds is 2. The van der Waals surface area contributed by atoms with Crippen molar-refractivity contribution in [2.75, 3.05) is 14.2 Å². The molecule has 0 amide bonds. The Morgan fingerprint density at radius 2 is 1.38 bits per heavy atom. The van der Waals surface area contributed by atoms with Gasteiger partial charge in [0.05, 0.1) is 14.7 Å². The van der Waals surface area contributed by atoms with E-state index in [1.165, 1.54) is 0 Å². The topological polar surface area (TPSA) is 27.7 Å². The second-order valence-electron chi connectivity index (χ2n) is 6.39. The molecule has 1 fully saturated rings. The summed E-state index contributed by atoms with van der Waals surface area (Å²) in [6.07, 6.45) is 0. The van der Waals surface area contributed by atoms with Crippen LogP contribution in [-0.2, 0) is 13.9 Å². The Morgan fingerprint density at radius 3 is 1.69 bits per heavy atom. The second kappa shape index (κ2) is 4.03. The zero-order valence-corrected chi connectivity index (χ0v) is 14.9. The largest absolute Gasteiger partial charge is 0.373 e. The molecule has 1 heterocycles. The van der Waals surface area contributed by atoms with E-state index >= 15 is 0 Å². The SMILES string of the molecule is COC1(OC)C[Si](C)(C)[Si](C)(C)[Si](C)(C)O1. The summed E-state index contributed by atoms with van der Waals surface area (Å²) in [5.74, 6) is -0.756. The van der Waals surface area contributed by atoms with Crippen LogP contribution in [0.4, 0.5) is 0 Å². The van der Waals surface area contributed by atoms with Crippen LogP contribution in [0.5, 0.6) is 0 Å². The summed E-state index contributed by atoms with van der Waals surface area (Å²) in [4.78, 5) is 0. The van der Waals surface area contributed by atoms with Crippen LogP contribution in [0.15, 0.2) is 0 Å². The van der Waals surface area contributed by atoms with Gasteiger partial charge in [0.2, 0.25) is 0 Å². The van der Waals surface area contributed by atoms with E-state index in [9.17, 15) is 0 Å². The Kier molecular flexibility index (Phi) is 3.67. The van der Waals surface area contributed by atoms with Crippen molar-refractivity contribution in [3.63, 3.8) is 0 Å². The predicted octanol–water partition coefficient (Wildman–Crippen LogP) is 2.74. The molecule has 0 bridgehead atoms. The standard InChI is InChI=1S/C10H26O3Si3/c1-11-10(12-2)9-14(3,4)16(7,8)15(5,6)13-10/h9H2,1-8H3. The highest BCUT2D eigenvalue weighted by atomic mass is 29.6. The van der Waals surface area contributed by atoms with Crippen molar-refractivity contribution < 1.29 is 13.9 Å². The smallest absolute Gasteiger partial charge is 0.269 e. The van der Waals surface area contributed by atoms with E-state index in [1.54, 1.807) is 14.2 Å². The molecule has 0 spiro atoms. The van der Waals surface area contributed by atoms with Crippen LogP contribution >= 0.6 is 0 Å². The second-order valence-corrected chi connectivity index (χ2v) is 33.7. The molecule has 0 aliphatic carbocycles. The minimum atomic E-state index is -1.68. The van der Waals surface area contributed by atoms with Gasteiger partial charge < -0.3 is 13.9 Å². The van der Waals surface area contributed by atoms with Gasteiger partial charge in [0.1, 0.15) is 0 Å². The van der Waals surface area contributed by atoms with Gasteiger partial charge in [0.25, 0.3) is 5.97 Å². The number of hydrogen-bond donors (Lipinski definition) is 0. The van der Waals surface area contributed by atoms with E-state index in [0.717, 1.165) is 6.04 Å². The lowest BCUT2D eigenvalue weighted by molar-refractivity contribution is -0.314. The average Bonchev–Trinajstić information content (AvgIpc) is 2.13. The first-order chi connectivity index (χ1) is 7.04. The molecule has 0 aromatic rings. The lowest BCUT2D eigenvalue weighted by Gasteiger charge is -2.57. The first kappa shape index (κ1) is 14.6. The fourth-order valence-corrected chi connectivity index (χ4v) is 31.4. The maximum Gasteiger partial charge on any atom is 0.269 e. The van der Waals surface area contributed by atoms with Crippen molar-refractivity contribution in [2.45, 2.75) is 51.3 Å². The Morgan fingerprint density at radius 1 is 0.938 bits per heavy atom. The minimum Gasteiger partial charge on any atom is -0.373 e. The highest BCUT2D eigenvalue weighted by molar-refractivity contribution is 7.67. The predicted molar refractivity (Wildman–Crippen MR) is 75.1 cm³/mol. The van der Waals surface area contributed by atoms with Gasteiger partial charge in [-0.1, -0.05) is 26.2 Å². The lowest BCUT2D eigenvalue weighted by atomic mass is 10.6. The van der Waals surface area contributed by atoms with Gasteiger partial charge in [0.15, 0.2) is 7.83 Å². The molecule has 6 heteroatoms. The van der Waals surface area contributed by atoms with Crippen molar-refractivity contribution in [2.24, 2.45) is 0 Å². The van der Waals surface area contributed by atoms with Crippen LogP contribution in [0.25, 0.3) is 0 Å². The van der Waals surface area contributed by atoms with E-state index in [0.29, 0.717) is 0 Å². The Labute approximate surface area is 102 Å². The van der Waals surface area contributed by atoms with Crippen LogP contribution in [0.2, 0.25) is 45.3 Å². The third-order valence-corrected chi connectivity index (χ3v) is 44.9. The molecular formula is C10H26O3Si3. The number of hydrogen-bond acceptors (Lipinski definition) is 3. The number of methoxy groups -OCH3 is 2. The first-order valence-electron chi connectivity index (χ1n) is 5.84. The Bertz CT molecular complexity index is 250. The summed E-state index contributed by atoms with van der Waals surface area (Å²) in [6, 6.07) is 0.961. The van der Waals surface area contributed by atoms with Gasteiger partial charge >= 0.3 is 0 Å². The molecule has 0 aromatic carbocycles. The minimum absolute atomic E-state index is 0.756. The summed E-state index contributed by atoms with van der Waals surface area (Å²) < 4.78 is 17.4. The molecule has 3 nitrogen and oxygen atoms in total. The summed E-state index contributed by atoms with van der Waals surface area (Å²) in [5, 5.41) is 0. The van der Waals surface area contributed by atoms with Crippen LogP contribution < -0.4 is 0 Å². The van der Waals surface area contributed by atoms with Crippen LogP contribution in [0.1, 0.15) is 0 Å². The molecule has 1 aliphatic rings. The molecule has 96 valence electrons. The molecule has 0 aromatic heterocycles. The van der Waals surface area contributed by atoms with Gasteiger partial charge in [-0.15, -0.1) is 0 Å². The van der Waals surface area contributed by atoms with Gasteiger partial charge in [-0.3, -0.25) is 0 Å². The van der Waals surface area contributed by atoms with E-state index in [4.69, 9.17) is 13.9 Å². The van der Waals surface area contributed by atoms with Gasteiger partial charge in [-0.05, 0) is 13.1 Å². The molecular weight excluding hydrogens is 252 g/mol. The maximum absolute atomic E-state index is 6.30. The van der Waals surface area contributed by atoms with Crippen molar-refractivity contribution >= 4 is 22.5 Å². The van der Waals surface area contributed by atoms with Gasteiger partial charge in [-0.2, -0.15) is 0 Å². The van der Waals surface area contributed by atoms with Crippen molar-refractivity contribution in [3.8, 4) is 0 Å². The van der Waals surface area contributed by atoms with E-state index < -0.39 is 28.5 Å². The molecule has 0 N–H and O–H groups in total. The molecule has 0 radical (unpaired) electrons. The van der Waals surface area contributed by atoms with Gasteiger partial charge in [-0.25, -0.2) is 0 Å². The quantitative estimate of drug-likeness (QED) is 0.574. The fraction of sp³-hybridized carbons (Fsp3) is 1.00. The molecule has 1 aliphatic heterocycles. The van der Waals surface area contributed by atoms with Crippen molar-refractivity contribution in [1.82, 2.24) is 0 Å². The maximum atomic E-state index is 6.30. The third kappa shape index (κ3) is 1.99. The monoisotopic (exact) mass is 278 g/mol. The van der Waals surface area contributed by atoms with E-state index in [2.05, 4.69) is 39.3 Å². The van der Waals surface area contributed by atoms with E-state index in [-0.39, 0.29) is 0 Å². The summed E-state index contributed by atoms with van der Waals surface area (Å²) >= 11 is 0. The highest BCUT2D eigenvalue weighted by Gasteiger charge is 2.63. The average molecular weight is 279 g/mol. The molecule has 16 heavy (non-hydrogen) atoms. The normalized spacial score (nSPS) is 30.0. The molecule has 1 rings (SSSR count). The highest BCUT2D eigenvalue weighted by Crippen LogP contribution is 2.44. The lowest BCUT2D eigenvalue weighted by Crippen LogP contribution is -2.79. The van der Waals surface area contributed by atoms with Crippen molar-refractivity contribution in [1.29, 1.82) is 0 Å². The van der Waals surface area contributed by atoms with Crippen LogP contribution in [0, 0.1) is 0 Å². The van der Waals surface area contributed by atoms with E-state index in [1.807, 2.05) is 0 Å². The molecule has 0 saturated carbocycles. The molecule has 0 atom stereocenters. The summed E-state index contributed by atoms with van der Waals surface area (Å²) in [7, 11) is -0.871. The third-order valence-electron chi connectivity index (χ3n) is 4.89. The zero-order valence-electron chi connectivity index (χ0n) is 11.9. The summed E-state index contributed by atoms with van der Waals surface area (Å²) in [6.45, 7) is 14.6. The van der Waals surface area contributed by atoms with Crippen LogP contribution in [0.3, 0.4) is 0 Å². The molecule has 1 saturated heterocycles. The van der Waals surface area contributed by atoms with Crippen molar-refractivity contribution in [3.05, 3.63) is 0 Å². The van der Waals surface area contributed by atoms with Gasteiger partial charge in [0, 0.05) is 20.3 Å². The zero-order chi connectivity index (χ0) is 12.8. The fourth-order valence-electron chi connectivity index (χ4n) is 2.44. The summed E-state index contributed by atoms with van der Waals surface area (Å²) in [5.41, 5.74) is 0. The number of ether oxygens (including phenoxy) is 2.